The molecular formula is C11H15BrFNO2. The fourth-order valence-corrected chi connectivity index (χ4v) is 1.69. The number of ether oxygens (including phenoxy) is 2. The van der Waals surface area contributed by atoms with Crippen LogP contribution >= 0.6 is 15.9 Å². The molecule has 1 aromatic carbocycles. The lowest BCUT2D eigenvalue weighted by molar-refractivity contribution is -0.0944. The van der Waals surface area contributed by atoms with Crippen LogP contribution in [0.4, 0.5) is 10.1 Å². The van der Waals surface area contributed by atoms with Crippen molar-refractivity contribution in [3.63, 3.8) is 0 Å². The fourth-order valence-electron chi connectivity index (χ4n) is 1.35. The molecular weight excluding hydrogens is 277 g/mol. The largest absolute Gasteiger partial charge is 0.367 e. The second kappa shape index (κ2) is 6.18. The highest BCUT2D eigenvalue weighted by molar-refractivity contribution is 9.10. The average molecular weight is 292 g/mol. The van der Waals surface area contributed by atoms with Gasteiger partial charge in [0, 0.05) is 25.7 Å². The third-order valence-corrected chi connectivity index (χ3v) is 2.76. The highest BCUT2D eigenvalue weighted by Crippen LogP contribution is 2.23. The van der Waals surface area contributed by atoms with Crippen LogP contribution in [0.1, 0.15) is 0 Å². The molecule has 0 spiro atoms. The zero-order valence-electron chi connectivity index (χ0n) is 9.54. The van der Waals surface area contributed by atoms with Crippen molar-refractivity contribution < 1.29 is 13.9 Å². The molecule has 0 aliphatic carbocycles. The van der Waals surface area contributed by atoms with Crippen molar-refractivity contribution >= 4 is 21.6 Å². The van der Waals surface area contributed by atoms with E-state index in [2.05, 4.69) is 15.9 Å². The topological polar surface area (TPSA) is 21.7 Å². The van der Waals surface area contributed by atoms with Crippen molar-refractivity contribution in [3.8, 4) is 0 Å². The van der Waals surface area contributed by atoms with Crippen molar-refractivity contribution in [3.05, 3.63) is 28.5 Å². The minimum atomic E-state index is -0.372. The highest BCUT2D eigenvalue weighted by atomic mass is 79.9. The first kappa shape index (κ1) is 13.4. The smallest absolute Gasteiger partial charge is 0.174 e. The Labute approximate surface area is 103 Å². The van der Waals surface area contributed by atoms with E-state index in [-0.39, 0.29) is 12.1 Å². The molecule has 1 rings (SSSR count). The van der Waals surface area contributed by atoms with Gasteiger partial charge in [0.2, 0.25) is 0 Å². The molecule has 0 N–H and O–H groups in total. The maximum atomic E-state index is 13.5. The number of benzene rings is 1. The van der Waals surface area contributed by atoms with Gasteiger partial charge in [-0.3, -0.25) is 0 Å². The van der Waals surface area contributed by atoms with Gasteiger partial charge in [-0.2, -0.15) is 0 Å². The summed E-state index contributed by atoms with van der Waals surface area (Å²) in [4.78, 5) is 1.75. The summed E-state index contributed by atoms with van der Waals surface area (Å²) in [6.45, 7) is 0.459. The molecule has 0 aliphatic heterocycles. The summed E-state index contributed by atoms with van der Waals surface area (Å²) in [6, 6.07) is 4.80. The Kier molecular flexibility index (Phi) is 5.18. The zero-order chi connectivity index (χ0) is 12.1. The van der Waals surface area contributed by atoms with E-state index in [0.717, 1.165) is 4.47 Å². The molecule has 0 heterocycles. The van der Waals surface area contributed by atoms with Crippen LogP contribution in [0.2, 0.25) is 0 Å². The zero-order valence-corrected chi connectivity index (χ0v) is 11.1. The monoisotopic (exact) mass is 291 g/mol. The van der Waals surface area contributed by atoms with Crippen LogP contribution in [0.5, 0.6) is 0 Å². The standard InChI is InChI=1S/C11H15BrFNO2/c1-14(7-11(15-2)16-3)10-6-8(12)4-5-9(10)13/h4-6,11H,7H2,1-3H3. The highest BCUT2D eigenvalue weighted by Gasteiger charge is 2.13. The summed E-state index contributed by atoms with van der Waals surface area (Å²) < 4.78 is 24.5. The normalized spacial score (nSPS) is 10.9. The van der Waals surface area contributed by atoms with E-state index < -0.39 is 0 Å². The van der Waals surface area contributed by atoms with Crippen LogP contribution in [-0.2, 0) is 9.47 Å². The minimum Gasteiger partial charge on any atom is -0.367 e. The first-order chi connectivity index (χ1) is 7.58. The third kappa shape index (κ3) is 3.43. The molecule has 0 amide bonds. The Bertz CT molecular complexity index is 345. The Morgan fingerprint density at radius 2 is 2.00 bits per heavy atom. The number of nitrogens with zero attached hydrogens (tertiary/aromatic N) is 1. The molecule has 1 aromatic rings. The maximum absolute atomic E-state index is 13.5. The maximum Gasteiger partial charge on any atom is 0.174 e. The van der Waals surface area contributed by atoms with E-state index in [1.807, 2.05) is 0 Å². The lowest BCUT2D eigenvalue weighted by atomic mass is 10.3. The first-order valence-corrected chi connectivity index (χ1v) is 5.59. The van der Waals surface area contributed by atoms with Crippen molar-refractivity contribution in [1.29, 1.82) is 0 Å². The van der Waals surface area contributed by atoms with Crippen LogP contribution in [0.3, 0.4) is 0 Å². The third-order valence-electron chi connectivity index (χ3n) is 2.27. The molecule has 0 unspecified atom stereocenters. The van der Waals surface area contributed by atoms with Crippen LogP contribution in [-0.4, -0.2) is 34.1 Å². The van der Waals surface area contributed by atoms with Gasteiger partial charge in [0.1, 0.15) is 5.82 Å². The molecule has 0 fully saturated rings. The van der Waals surface area contributed by atoms with Gasteiger partial charge >= 0.3 is 0 Å². The number of hydrogen-bond donors (Lipinski definition) is 0. The van der Waals surface area contributed by atoms with Gasteiger partial charge < -0.3 is 14.4 Å². The van der Waals surface area contributed by atoms with Crippen LogP contribution in [0.25, 0.3) is 0 Å². The molecule has 5 heteroatoms. The predicted molar refractivity (Wildman–Crippen MR) is 65.2 cm³/mol. The second-order valence-electron chi connectivity index (χ2n) is 3.38. The predicted octanol–water partition coefficient (Wildman–Crippen LogP) is 2.64. The number of methoxy groups -OCH3 is 2. The second-order valence-corrected chi connectivity index (χ2v) is 4.29. The van der Waals surface area contributed by atoms with Crippen molar-refractivity contribution in [2.45, 2.75) is 6.29 Å². The van der Waals surface area contributed by atoms with Gasteiger partial charge in [0.25, 0.3) is 0 Å². The Morgan fingerprint density at radius 3 is 2.56 bits per heavy atom. The molecule has 16 heavy (non-hydrogen) atoms. The van der Waals surface area contributed by atoms with E-state index in [0.29, 0.717) is 12.2 Å². The fraction of sp³-hybridized carbons (Fsp3) is 0.455. The molecule has 0 saturated heterocycles. The number of likely N-dealkylation sites (N-methyl/N-ethyl adjacent to an activating group) is 1. The summed E-state index contributed by atoms with van der Waals surface area (Å²) >= 11 is 3.31. The van der Waals surface area contributed by atoms with Gasteiger partial charge in [0.15, 0.2) is 6.29 Å². The summed E-state index contributed by atoms with van der Waals surface area (Å²) in [5.41, 5.74) is 0.508. The van der Waals surface area contributed by atoms with Crippen molar-refractivity contribution in [2.75, 3.05) is 32.7 Å². The van der Waals surface area contributed by atoms with Gasteiger partial charge in [-0.1, -0.05) is 15.9 Å². The summed E-state index contributed by atoms with van der Waals surface area (Å²) in [5.74, 6) is -0.267. The molecule has 0 radical (unpaired) electrons. The Balaban J connectivity index is 2.79. The van der Waals surface area contributed by atoms with Crippen molar-refractivity contribution in [1.82, 2.24) is 0 Å². The van der Waals surface area contributed by atoms with Crippen molar-refractivity contribution in [2.24, 2.45) is 0 Å². The summed E-state index contributed by atoms with van der Waals surface area (Å²) in [7, 11) is 4.90. The molecule has 0 bridgehead atoms. The lowest BCUT2D eigenvalue weighted by Crippen LogP contribution is -2.32. The molecule has 0 atom stereocenters. The summed E-state index contributed by atoms with van der Waals surface area (Å²) in [5, 5.41) is 0. The molecule has 90 valence electrons. The number of anilines is 1. The van der Waals surface area contributed by atoms with E-state index in [4.69, 9.17) is 9.47 Å². The average Bonchev–Trinajstić information content (AvgIpc) is 2.28. The number of halogens is 2. The van der Waals surface area contributed by atoms with Crippen LogP contribution in [0.15, 0.2) is 22.7 Å². The first-order valence-electron chi connectivity index (χ1n) is 4.80. The number of rotatable bonds is 5. The van der Waals surface area contributed by atoms with E-state index in [1.165, 1.54) is 6.07 Å². The molecule has 3 nitrogen and oxygen atoms in total. The molecule has 0 saturated carbocycles. The lowest BCUT2D eigenvalue weighted by Gasteiger charge is -2.24. The van der Waals surface area contributed by atoms with E-state index in [9.17, 15) is 4.39 Å². The minimum absolute atomic E-state index is 0.267. The van der Waals surface area contributed by atoms with Gasteiger partial charge in [-0.15, -0.1) is 0 Å². The Morgan fingerprint density at radius 1 is 1.38 bits per heavy atom. The molecule has 0 aromatic heterocycles. The SMILES string of the molecule is COC(CN(C)c1cc(Br)ccc1F)OC. The summed E-state index contributed by atoms with van der Waals surface area (Å²) in [6.07, 6.45) is -0.372. The molecule has 0 aliphatic rings. The van der Waals surface area contributed by atoms with Crippen LogP contribution < -0.4 is 4.90 Å². The number of hydrogen-bond acceptors (Lipinski definition) is 3. The van der Waals surface area contributed by atoms with Gasteiger partial charge in [0.05, 0.1) is 12.2 Å². The van der Waals surface area contributed by atoms with Gasteiger partial charge in [-0.05, 0) is 18.2 Å². The van der Waals surface area contributed by atoms with Gasteiger partial charge in [-0.25, -0.2) is 4.39 Å². The van der Waals surface area contributed by atoms with E-state index in [1.54, 1.807) is 38.3 Å². The Hall–Kier alpha value is -0.650. The quantitative estimate of drug-likeness (QED) is 0.779. The van der Waals surface area contributed by atoms with Crippen LogP contribution in [0, 0.1) is 5.82 Å². The van der Waals surface area contributed by atoms with E-state index >= 15 is 0 Å².